The second kappa shape index (κ2) is 6.75. The lowest BCUT2D eigenvalue weighted by molar-refractivity contribution is 0.0196. The minimum atomic E-state index is -0.424. The molecular weight excluding hydrogens is 286 g/mol. The van der Waals surface area contributed by atoms with E-state index in [9.17, 15) is 4.79 Å². The quantitative estimate of drug-likeness (QED) is 0.931. The smallest absolute Gasteiger partial charge is 0.410 e. The van der Waals surface area contributed by atoms with Crippen LogP contribution in [0.4, 0.5) is 4.79 Å². The van der Waals surface area contributed by atoms with Crippen molar-refractivity contribution in [3.63, 3.8) is 0 Å². The van der Waals surface area contributed by atoms with Crippen LogP contribution in [-0.4, -0.2) is 40.7 Å². The highest BCUT2D eigenvalue weighted by Crippen LogP contribution is 2.21. The number of nitrogens with one attached hydrogen (secondary N) is 1. The van der Waals surface area contributed by atoms with Crippen LogP contribution in [0.25, 0.3) is 0 Å². The predicted octanol–water partition coefficient (Wildman–Crippen LogP) is 3.19. The van der Waals surface area contributed by atoms with Crippen molar-refractivity contribution in [2.45, 2.75) is 58.2 Å². The van der Waals surface area contributed by atoms with Crippen LogP contribution in [0.5, 0.6) is 0 Å². The van der Waals surface area contributed by atoms with Crippen LogP contribution in [0.3, 0.4) is 0 Å². The van der Waals surface area contributed by atoms with E-state index >= 15 is 0 Å². The Balaban J connectivity index is 1.77. The molecule has 0 bridgehead atoms. The molecule has 5 nitrogen and oxygen atoms in total. The van der Waals surface area contributed by atoms with E-state index in [0.717, 1.165) is 25.9 Å². The molecule has 1 fully saturated rings. The van der Waals surface area contributed by atoms with Crippen LogP contribution in [0.15, 0.2) is 11.7 Å². The largest absolute Gasteiger partial charge is 0.444 e. The predicted molar refractivity (Wildman–Crippen MR) is 84.5 cm³/mol. The summed E-state index contributed by atoms with van der Waals surface area (Å²) < 4.78 is 5.41. The van der Waals surface area contributed by atoms with E-state index in [0.29, 0.717) is 12.1 Å². The molecular formula is C15H25N3O2S. The van der Waals surface area contributed by atoms with Crippen molar-refractivity contribution >= 4 is 17.4 Å². The highest BCUT2D eigenvalue weighted by molar-refractivity contribution is 7.09. The molecule has 1 aliphatic rings. The third-order valence-electron chi connectivity index (χ3n) is 3.51. The van der Waals surface area contributed by atoms with Crippen molar-refractivity contribution < 1.29 is 9.53 Å². The van der Waals surface area contributed by atoms with E-state index in [1.165, 1.54) is 4.88 Å². The van der Waals surface area contributed by atoms with Gasteiger partial charge in [-0.05, 0) is 40.5 Å². The summed E-state index contributed by atoms with van der Waals surface area (Å²) in [6, 6.07) is 0.761. The Morgan fingerprint density at radius 3 is 2.67 bits per heavy atom. The van der Waals surface area contributed by atoms with E-state index in [2.05, 4.69) is 17.2 Å². The molecule has 1 aromatic heterocycles. The number of amides is 1. The van der Waals surface area contributed by atoms with Gasteiger partial charge < -0.3 is 15.0 Å². The summed E-state index contributed by atoms with van der Waals surface area (Å²) >= 11 is 1.67. The average molecular weight is 311 g/mol. The van der Waals surface area contributed by atoms with Crippen LogP contribution in [0.2, 0.25) is 0 Å². The zero-order chi connectivity index (χ0) is 15.5. The summed E-state index contributed by atoms with van der Waals surface area (Å²) in [7, 11) is 0. The van der Waals surface area contributed by atoms with E-state index in [1.54, 1.807) is 16.2 Å². The topological polar surface area (TPSA) is 54.5 Å². The standard InChI is InChI=1S/C15H25N3O2S/c1-11(13-9-16-10-21-13)17-12-5-7-18(8-6-12)14(19)20-15(2,3)4/h9-12,17H,5-8H2,1-4H3. The summed E-state index contributed by atoms with van der Waals surface area (Å²) in [4.78, 5) is 19.2. The number of hydrogen-bond donors (Lipinski definition) is 1. The van der Waals surface area contributed by atoms with Crippen LogP contribution in [0.1, 0.15) is 51.5 Å². The van der Waals surface area contributed by atoms with Gasteiger partial charge in [-0.15, -0.1) is 11.3 Å². The zero-order valence-electron chi connectivity index (χ0n) is 13.3. The van der Waals surface area contributed by atoms with Crippen LogP contribution in [-0.2, 0) is 4.74 Å². The van der Waals surface area contributed by atoms with Crippen molar-refractivity contribution in [3.05, 3.63) is 16.6 Å². The monoisotopic (exact) mass is 311 g/mol. The Morgan fingerprint density at radius 2 is 2.14 bits per heavy atom. The number of likely N-dealkylation sites (tertiary alicyclic amines) is 1. The molecule has 1 saturated heterocycles. The van der Waals surface area contributed by atoms with Gasteiger partial charge in [0.05, 0.1) is 5.51 Å². The number of rotatable bonds is 3. The van der Waals surface area contributed by atoms with Gasteiger partial charge in [0, 0.05) is 36.2 Å². The number of carbonyl (C=O) groups is 1. The lowest BCUT2D eigenvalue weighted by Gasteiger charge is -2.34. The number of aromatic nitrogens is 1. The zero-order valence-corrected chi connectivity index (χ0v) is 14.1. The molecule has 1 aromatic rings. The maximum Gasteiger partial charge on any atom is 0.410 e. The fraction of sp³-hybridized carbons (Fsp3) is 0.733. The Hall–Kier alpha value is -1.14. The summed E-state index contributed by atoms with van der Waals surface area (Å²) in [5.74, 6) is 0. The lowest BCUT2D eigenvalue weighted by atomic mass is 10.0. The molecule has 0 radical (unpaired) electrons. The molecule has 1 amide bonds. The Morgan fingerprint density at radius 1 is 1.48 bits per heavy atom. The van der Waals surface area contributed by atoms with Gasteiger partial charge in [0.15, 0.2) is 0 Å². The Labute approximate surface area is 130 Å². The minimum absolute atomic E-state index is 0.198. The molecule has 1 aliphatic heterocycles. The van der Waals surface area contributed by atoms with Crippen molar-refractivity contribution in [1.82, 2.24) is 15.2 Å². The molecule has 0 aliphatic carbocycles. The van der Waals surface area contributed by atoms with Crippen molar-refractivity contribution in [2.24, 2.45) is 0 Å². The normalized spacial score (nSPS) is 18.6. The number of ether oxygens (including phenoxy) is 1. The van der Waals surface area contributed by atoms with Crippen LogP contribution in [0, 0.1) is 0 Å². The molecule has 6 heteroatoms. The van der Waals surface area contributed by atoms with E-state index in [1.807, 2.05) is 32.5 Å². The highest BCUT2D eigenvalue weighted by atomic mass is 32.1. The molecule has 0 aromatic carbocycles. The fourth-order valence-electron chi connectivity index (χ4n) is 2.43. The summed E-state index contributed by atoms with van der Waals surface area (Å²) in [6.07, 6.45) is 3.64. The third-order valence-corrected chi connectivity index (χ3v) is 4.47. The first-order chi connectivity index (χ1) is 9.85. The van der Waals surface area contributed by atoms with Crippen molar-refractivity contribution in [3.8, 4) is 0 Å². The van der Waals surface area contributed by atoms with Gasteiger partial charge in [-0.1, -0.05) is 0 Å². The molecule has 2 heterocycles. The summed E-state index contributed by atoms with van der Waals surface area (Å²) in [6.45, 7) is 9.36. The number of carbonyl (C=O) groups excluding carboxylic acids is 1. The number of nitrogens with zero attached hydrogens (tertiary/aromatic N) is 2. The molecule has 1 atom stereocenters. The third kappa shape index (κ3) is 4.97. The van der Waals surface area contributed by atoms with Gasteiger partial charge in [0.1, 0.15) is 5.60 Å². The molecule has 1 N–H and O–H groups in total. The molecule has 21 heavy (non-hydrogen) atoms. The number of hydrogen-bond acceptors (Lipinski definition) is 5. The maximum atomic E-state index is 12.0. The maximum absolute atomic E-state index is 12.0. The fourth-order valence-corrected chi connectivity index (χ4v) is 3.07. The van der Waals surface area contributed by atoms with Gasteiger partial charge in [-0.25, -0.2) is 4.79 Å². The Bertz CT molecular complexity index is 448. The average Bonchev–Trinajstić information content (AvgIpc) is 2.91. The number of piperidine rings is 1. The highest BCUT2D eigenvalue weighted by Gasteiger charge is 2.27. The van der Waals surface area contributed by atoms with Gasteiger partial charge in [0.25, 0.3) is 0 Å². The lowest BCUT2D eigenvalue weighted by Crippen LogP contribution is -2.46. The van der Waals surface area contributed by atoms with E-state index in [-0.39, 0.29) is 6.09 Å². The Kier molecular flexibility index (Phi) is 5.22. The second-order valence-electron chi connectivity index (χ2n) is 6.53. The van der Waals surface area contributed by atoms with Gasteiger partial charge >= 0.3 is 6.09 Å². The second-order valence-corrected chi connectivity index (χ2v) is 7.45. The summed E-state index contributed by atoms with van der Waals surface area (Å²) in [5, 5.41) is 3.62. The molecule has 118 valence electrons. The first-order valence-electron chi connectivity index (χ1n) is 7.47. The van der Waals surface area contributed by atoms with Crippen molar-refractivity contribution in [1.29, 1.82) is 0 Å². The van der Waals surface area contributed by atoms with Crippen LogP contribution >= 0.6 is 11.3 Å². The SMILES string of the molecule is CC(NC1CCN(C(=O)OC(C)(C)C)CC1)c1cncs1. The molecule has 1 unspecified atom stereocenters. The van der Waals surface area contributed by atoms with Gasteiger partial charge in [-0.2, -0.15) is 0 Å². The minimum Gasteiger partial charge on any atom is -0.444 e. The van der Waals surface area contributed by atoms with Crippen molar-refractivity contribution in [2.75, 3.05) is 13.1 Å². The first kappa shape index (κ1) is 16.2. The molecule has 0 saturated carbocycles. The van der Waals surface area contributed by atoms with Gasteiger partial charge in [-0.3, -0.25) is 4.98 Å². The number of thiazole rings is 1. The first-order valence-corrected chi connectivity index (χ1v) is 8.35. The molecule has 0 spiro atoms. The summed E-state index contributed by atoms with van der Waals surface area (Å²) in [5.41, 5.74) is 1.44. The van der Waals surface area contributed by atoms with Crippen LogP contribution < -0.4 is 5.32 Å². The van der Waals surface area contributed by atoms with E-state index < -0.39 is 5.60 Å². The molecule has 2 rings (SSSR count). The van der Waals surface area contributed by atoms with Gasteiger partial charge in [0.2, 0.25) is 0 Å². The van der Waals surface area contributed by atoms with E-state index in [4.69, 9.17) is 4.74 Å².